The molecular weight excluding hydrogens is 116 g/mol. The molecular formula is C6H13N2O+. The Hall–Kier alpha value is -0.590. The molecule has 0 amide bonds. The molecule has 0 radical (unpaired) electrons. The van der Waals surface area contributed by atoms with E-state index in [0.29, 0.717) is 11.0 Å². The van der Waals surface area contributed by atoms with Gasteiger partial charge in [-0.25, -0.2) is 0 Å². The van der Waals surface area contributed by atoms with E-state index < -0.39 is 6.10 Å². The van der Waals surface area contributed by atoms with E-state index >= 15 is 0 Å². The monoisotopic (exact) mass is 129 g/mol. The van der Waals surface area contributed by atoms with Gasteiger partial charge >= 0.3 is 0 Å². The molecule has 0 aromatic rings. The predicted octanol–water partition coefficient (Wildman–Crippen LogP) is -0.423. The van der Waals surface area contributed by atoms with Gasteiger partial charge in [-0.2, -0.15) is 5.26 Å². The molecule has 0 spiro atoms. The minimum atomic E-state index is -0.829. The summed E-state index contributed by atoms with van der Waals surface area (Å²) < 4.78 is 0.620. The Kier molecular flexibility index (Phi) is 2.63. The van der Waals surface area contributed by atoms with Crippen molar-refractivity contribution < 1.29 is 9.59 Å². The summed E-state index contributed by atoms with van der Waals surface area (Å²) in [6.07, 6.45) is -0.829. The Morgan fingerprint density at radius 2 is 2.00 bits per heavy atom. The minimum absolute atomic E-state index is 0.483. The van der Waals surface area contributed by atoms with Gasteiger partial charge in [-0.05, 0) is 0 Å². The molecule has 0 aliphatic rings. The van der Waals surface area contributed by atoms with Gasteiger partial charge in [0, 0.05) is 0 Å². The summed E-state index contributed by atoms with van der Waals surface area (Å²) in [5.41, 5.74) is 0. The van der Waals surface area contributed by atoms with Crippen LogP contribution >= 0.6 is 0 Å². The first-order valence-electron chi connectivity index (χ1n) is 2.84. The van der Waals surface area contributed by atoms with E-state index in [9.17, 15) is 0 Å². The summed E-state index contributed by atoms with van der Waals surface area (Å²) >= 11 is 0. The topological polar surface area (TPSA) is 44.0 Å². The SMILES string of the molecule is C[N+](C)(C)CC(O)C#N. The molecule has 52 valence electrons. The van der Waals surface area contributed by atoms with Gasteiger partial charge in [0.15, 0.2) is 6.10 Å². The van der Waals surface area contributed by atoms with E-state index in [2.05, 4.69) is 0 Å². The third-order valence-corrected chi connectivity index (χ3v) is 0.870. The van der Waals surface area contributed by atoms with Crippen LogP contribution in [0.25, 0.3) is 0 Å². The number of hydrogen-bond acceptors (Lipinski definition) is 2. The molecule has 0 heterocycles. The molecule has 1 N–H and O–H groups in total. The van der Waals surface area contributed by atoms with E-state index in [-0.39, 0.29) is 0 Å². The lowest BCUT2D eigenvalue weighted by atomic mass is 10.3. The molecule has 0 fully saturated rings. The van der Waals surface area contributed by atoms with Crippen molar-refractivity contribution in [3.63, 3.8) is 0 Å². The lowest BCUT2D eigenvalue weighted by molar-refractivity contribution is -0.872. The highest BCUT2D eigenvalue weighted by atomic mass is 16.3. The van der Waals surface area contributed by atoms with Crippen LogP contribution in [0.3, 0.4) is 0 Å². The van der Waals surface area contributed by atoms with E-state index in [1.54, 1.807) is 6.07 Å². The Labute approximate surface area is 55.7 Å². The smallest absolute Gasteiger partial charge is 0.189 e. The standard InChI is InChI=1S/C6H13N2O/c1-8(2,3)5-6(9)4-7/h6,9H,5H2,1-3H3/q+1. The average molecular weight is 129 g/mol. The van der Waals surface area contributed by atoms with Crippen LogP contribution in [0, 0.1) is 11.3 Å². The van der Waals surface area contributed by atoms with E-state index in [4.69, 9.17) is 10.4 Å². The zero-order valence-electron chi connectivity index (χ0n) is 6.13. The number of hydrogen-bond donors (Lipinski definition) is 1. The zero-order chi connectivity index (χ0) is 7.49. The van der Waals surface area contributed by atoms with Crippen molar-refractivity contribution in [2.75, 3.05) is 27.7 Å². The van der Waals surface area contributed by atoms with Gasteiger partial charge in [0.2, 0.25) is 0 Å². The van der Waals surface area contributed by atoms with Crippen molar-refractivity contribution in [1.29, 1.82) is 5.26 Å². The molecule has 0 aliphatic carbocycles. The van der Waals surface area contributed by atoms with E-state index in [0.717, 1.165) is 0 Å². The fourth-order valence-corrected chi connectivity index (χ4v) is 0.560. The molecule has 1 atom stereocenters. The van der Waals surface area contributed by atoms with E-state index in [1.807, 2.05) is 21.1 Å². The van der Waals surface area contributed by atoms with Crippen molar-refractivity contribution in [2.45, 2.75) is 6.10 Å². The van der Waals surface area contributed by atoms with Crippen LogP contribution in [0.4, 0.5) is 0 Å². The van der Waals surface area contributed by atoms with Gasteiger partial charge in [0.1, 0.15) is 12.6 Å². The van der Waals surface area contributed by atoms with Crippen LogP contribution in [0.1, 0.15) is 0 Å². The maximum Gasteiger partial charge on any atom is 0.189 e. The second-order valence-electron chi connectivity index (χ2n) is 3.12. The highest BCUT2D eigenvalue weighted by Gasteiger charge is 2.13. The van der Waals surface area contributed by atoms with Crippen molar-refractivity contribution in [3.8, 4) is 6.07 Å². The molecule has 3 heteroatoms. The second kappa shape index (κ2) is 2.81. The average Bonchev–Trinajstić information content (AvgIpc) is 1.62. The summed E-state index contributed by atoms with van der Waals surface area (Å²) in [6.45, 7) is 0.483. The summed E-state index contributed by atoms with van der Waals surface area (Å²) in [4.78, 5) is 0. The predicted molar refractivity (Wildman–Crippen MR) is 34.5 cm³/mol. The van der Waals surface area contributed by atoms with Gasteiger partial charge in [-0.3, -0.25) is 0 Å². The van der Waals surface area contributed by atoms with Crippen molar-refractivity contribution in [3.05, 3.63) is 0 Å². The molecule has 0 saturated carbocycles. The maximum absolute atomic E-state index is 8.82. The highest BCUT2D eigenvalue weighted by Crippen LogP contribution is 1.92. The lowest BCUT2D eigenvalue weighted by Crippen LogP contribution is -2.40. The zero-order valence-corrected chi connectivity index (χ0v) is 6.13. The molecule has 3 nitrogen and oxygen atoms in total. The van der Waals surface area contributed by atoms with Gasteiger partial charge in [-0.15, -0.1) is 0 Å². The normalized spacial score (nSPS) is 14.6. The van der Waals surface area contributed by atoms with Crippen molar-refractivity contribution >= 4 is 0 Å². The highest BCUT2D eigenvalue weighted by molar-refractivity contribution is 4.80. The van der Waals surface area contributed by atoms with Crippen LogP contribution in [0.2, 0.25) is 0 Å². The third kappa shape index (κ3) is 5.28. The third-order valence-electron chi connectivity index (χ3n) is 0.870. The first-order chi connectivity index (χ1) is 3.95. The molecule has 0 bridgehead atoms. The summed E-state index contributed by atoms with van der Waals surface area (Å²) in [5.74, 6) is 0. The Bertz CT molecular complexity index is 120. The summed E-state index contributed by atoms with van der Waals surface area (Å²) in [5, 5.41) is 17.0. The lowest BCUT2D eigenvalue weighted by Gasteiger charge is -2.23. The molecule has 0 aliphatic heterocycles. The van der Waals surface area contributed by atoms with E-state index in [1.165, 1.54) is 0 Å². The van der Waals surface area contributed by atoms with Crippen LogP contribution < -0.4 is 0 Å². The number of aliphatic hydroxyl groups is 1. The molecule has 0 aromatic carbocycles. The number of likely N-dealkylation sites (N-methyl/N-ethyl adjacent to an activating group) is 1. The number of quaternary nitrogens is 1. The molecule has 0 aromatic heterocycles. The van der Waals surface area contributed by atoms with Gasteiger partial charge in [-0.1, -0.05) is 0 Å². The summed E-state index contributed by atoms with van der Waals surface area (Å²) in [6, 6.07) is 1.76. The second-order valence-corrected chi connectivity index (χ2v) is 3.12. The van der Waals surface area contributed by atoms with Crippen LogP contribution in [-0.2, 0) is 0 Å². The first kappa shape index (κ1) is 8.41. The number of nitriles is 1. The Morgan fingerprint density at radius 1 is 1.56 bits per heavy atom. The molecule has 0 rings (SSSR count). The van der Waals surface area contributed by atoms with Gasteiger partial charge in [0.25, 0.3) is 0 Å². The maximum atomic E-state index is 8.82. The summed E-state index contributed by atoms with van der Waals surface area (Å²) in [7, 11) is 5.79. The first-order valence-corrected chi connectivity index (χ1v) is 2.84. The quantitative estimate of drug-likeness (QED) is 0.406. The van der Waals surface area contributed by atoms with Crippen LogP contribution in [-0.4, -0.2) is 43.4 Å². The number of rotatable bonds is 2. The molecule has 0 saturated heterocycles. The number of aliphatic hydroxyl groups excluding tert-OH is 1. The van der Waals surface area contributed by atoms with Gasteiger partial charge in [0.05, 0.1) is 21.1 Å². The van der Waals surface area contributed by atoms with Gasteiger partial charge < -0.3 is 9.59 Å². The van der Waals surface area contributed by atoms with Crippen LogP contribution in [0.15, 0.2) is 0 Å². The number of nitrogens with zero attached hydrogens (tertiary/aromatic N) is 2. The molecule has 1 unspecified atom stereocenters. The molecule has 9 heavy (non-hydrogen) atoms. The van der Waals surface area contributed by atoms with Crippen molar-refractivity contribution in [1.82, 2.24) is 0 Å². The fraction of sp³-hybridized carbons (Fsp3) is 0.833. The Morgan fingerprint density at radius 3 is 2.11 bits per heavy atom. The van der Waals surface area contributed by atoms with Crippen molar-refractivity contribution in [2.24, 2.45) is 0 Å². The Balaban J connectivity index is 3.63. The minimum Gasteiger partial charge on any atom is -0.373 e. The van der Waals surface area contributed by atoms with Crippen LogP contribution in [0.5, 0.6) is 0 Å². The fourth-order valence-electron chi connectivity index (χ4n) is 0.560. The largest absolute Gasteiger partial charge is 0.373 e.